The van der Waals surface area contributed by atoms with Crippen LogP contribution in [0.4, 0.5) is 0 Å². The van der Waals surface area contributed by atoms with Crippen molar-refractivity contribution in [3.63, 3.8) is 0 Å². The van der Waals surface area contributed by atoms with E-state index >= 15 is 0 Å². The molecule has 1 fully saturated rings. The molecule has 7 heteroatoms. The number of rotatable bonds is 1. The lowest BCUT2D eigenvalue weighted by Gasteiger charge is -2.37. The van der Waals surface area contributed by atoms with Gasteiger partial charge in [-0.25, -0.2) is 4.98 Å². The Morgan fingerprint density at radius 2 is 2.09 bits per heavy atom. The van der Waals surface area contributed by atoms with Crippen molar-refractivity contribution < 1.29 is 9.00 Å². The average Bonchev–Trinajstić information content (AvgIpc) is 2.50. The van der Waals surface area contributed by atoms with Gasteiger partial charge in [0.05, 0.1) is 4.75 Å². The molecule has 122 valence electrons. The van der Waals surface area contributed by atoms with Crippen molar-refractivity contribution in [3.8, 4) is 0 Å². The maximum atomic E-state index is 12.7. The van der Waals surface area contributed by atoms with Crippen molar-refractivity contribution in [1.29, 1.82) is 0 Å². The van der Waals surface area contributed by atoms with Crippen LogP contribution in [0.2, 0.25) is 0 Å². The topological polar surface area (TPSA) is 71.8 Å². The Hall–Kier alpha value is -2.02. The molecule has 0 aromatic carbocycles. The van der Waals surface area contributed by atoms with Gasteiger partial charge in [-0.05, 0) is 32.4 Å². The van der Waals surface area contributed by atoms with Gasteiger partial charge in [0.15, 0.2) is 0 Å². The predicted molar refractivity (Wildman–Crippen MR) is 89.2 cm³/mol. The third-order valence-electron chi connectivity index (χ3n) is 4.10. The van der Waals surface area contributed by atoms with Crippen LogP contribution in [0.25, 0.3) is 5.65 Å². The SMILES string of the molecule is Cc1ccc2ncc(C(=O)N3CC[S@](=O)C(C)(C)C3)c(=O)n2c1. The first kappa shape index (κ1) is 15.9. The number of hydrogen-bond donors (Lipinski definition) is 0. The monoisotopic (exact) mass is 333 g/mol. The molecule has 0 spiro atoms. The molecule has 1 amide bonds. The summed E-state index contributed by atoms with van der Waals surface area (Å²) >= 11 is 0. The molecule has 1 saturated heterocycles. The second-order valence-corrected chi connectivity index (χ2v) is 8.65. The quantitative estimate of drug-likeness (QED) is 0.780. The number of fused-ring (bicyclic) bond motifs is 1. The third kappa shape index (κ3) is 2.81. The Morgan fingerprint density at radius 3 is 2.78 bits per heavy atom. The van der Waals surface area contributed by atoms with Gasteiger partial charge >= 0.3 is 0 Å². The number of carbonyl (C=O) groups is 1. The maximum absolute atomic E-state index is 12.7. The van der Waals surface area contributed by atoms with Crippen molar-refractivity contribution in [2.75, 3.05) is 18.8 Å². The van der Waals surface area contributed by atoms with Crippen LogP contribution in [0.3, 0.4) is 0 Å². The van der Waals surface area contributed by atoms with Crippen molar-refractivity contribution in [3.05, 3.63) is 46.0 Å². The largest absolute Gasteiger partial charge is 0.336 e. The Bertz CT molecular complexity index is 872. The van der Waals surface area contributed by atoms with Gasteiger partial charge in [-0.2, -0.15) is 0 Å². The minimum Gasteiger partial charge on any atom is -0.336 e. The lowest BCUT2D eigenvalue weighted by molar-refractivity contribution is 0.0743. The molecule has 1 atom stereocenters. The molecule has 0 N–H and O–H groups in total. The molecule has 1 aliphatic heterocycles. The zero-order valence-corrected chi connectivity index (χ0v) is 14.2. The lowest BCUT2D eigenvalue weighted by Crippen LogP contribution is -2.52. The Morgan fingerprint density at radius 1 is 1.35 bits per heavy atom. The molecule has 0 bridgehead atoms. The summed E-state index contributed by atoms with van der Waals surface area (Å²) in [6, 6.07) is 3.61. The molecule has 6 nitrogen and oxygen atoms in total. The second kappa shape index (κ2) is 5.56. The maximum Gasteiger partial charge on any atom is 0.270 e. The van der Waals surface area contributed by atoms with E-state index in [4.69, 9.17) is 0 Å². The van der Waals surface area contributed by atoms with Crippen LogP contribution in [0.5, 0.6) is 0 Å². The summed E-state index contributed by atoms with van der Waals surface area (Å²) in [5.74, 6) is 0.0865. The molecular formula is C16H19N3O3S. The first-order valence-corrected chi connectivity index (χ1v) is 8.77. The summed E-state index contributed by atoms with van der Waals surface area (Å²) in [7, 11) is -0.968. The van der Waals surface area contributed by atoms with Crippen molar-refractivity contribution in [2.45, 2.75) is 25.5 Å². The second-order valence-electron chi connectivity index (χ2n) is 6.45. The van der Waals surface area contributed by atoms with Crippen LogP contribution in [-0.2, 0) is 10.8 Å². The van der Waals surface area contributed by atoms with E-state index in [1.807, 2.05) is 26.8 Å². The standard InChI is InChI=1S/C16H19N3O3S/c1-11-4-5-13-17-8-12(15(21)19(13)9-11)14(20)18-6-7-23(22)16(2,3)10-18/h4-5,8-9H,6-7,10H2,1-3H3/t23-/m0/s1. The zero-order chi connectivity index (χ0) is 16.8. The molecule has 0 unspecified atom stereocenters. The van der Waals surface area contributed by atoms with Crippen molar-refractivity contribution >= 4 is 22.4 Å². The fraction of sp³-hybridized carbons (Fsp3) is 0.438. The van der Waals surface area contributed by atoms with E-state index in [1.54, 1.807) is 17.2 Å². The van der Waals surface area contributed by atoms with Crippen LogP contribution in [-0.4, -0.2) is 48.0 Å². The number of aromatic nitrogens is 2. The molecule has 3 rings (SSSR count). The molecule has 2 aromatic heterocycles. The highest BCUT2D eigenvalue weighted by Crippen LogP contribution is 2.21. The van der Waals surface area contributed by atoms with E-state index in [0.717, 1.165) is 5.56 Å². The van der Waals surface area contributed by atoms with Gasteiger partial charge in [-0.1, -0.05) is 6.07 Å². The van der Waals surface area contributed by atoms with Crippen LogP contribution < -0.4 is 5.56 Å². The van der Waals surface area contributed by atoms with E-state index in [2.05, 4.69) is 4.98 Å². The summed E-state index contributed by atoms with van der Waals surface area (Å²) in [6.45, 7) is 6.39. The minimum absolute atomic E-state index is 0.0524. The van der Waals surface area contributed by atoms with Crippen LogP contribution in [0, 0.1) is 6.92 Å². The number of aryl methyl sites for hydroxylation is 1. The highest BCUT2D eigenvalue weighted by atomic mass is 32.2. The Labute approximate surface area is 136 Å². The summed E-state index contributed by atoms with van der Waals surface area (Å²) in [4.78, 5) is 31.1. The van der Waals surface area contributed by atoms with E-state index in [1.165, 1.54) is 10.6 Å². The number of amides is 1. The smallest absolute Gasteiger partial charge is 0.270 e. The van der Waals surface area contributed by atoms with Gasteiger partial charge in [0.2, 0.25) is 0 Å². The zero-order valence-electron chi connectivity index (χ0n) is 13.4. The summed E-state index contributed by atoms with van der Waals surface area (Å²) < 4.78 is 12.9. The van der Waals surface area contributed by atoms with Crippen molar-refractivity contribution in [2.24, 2.45) is 0 Å². The van der Waals surface area contributed by atoms with E-state index < -0.39 is 15.5 Å². The van der Waals surface area contributed by atoms with Gasteiger partial charge in [-0.15, -0.1) is 0 Å². The van der Waals surface area contributed by atoms with Gasteiger partial charge in [0.1, 0.15) is 11.2 Å². The fourth-order valence-electron chi connectivity index (χ4n) is 2.75. The first-order valence-electron chi connectivity index (χ1n) is 7.45. The molecular weight excluding hydrogens is 314 g/mol. The third-order valence-corrected chi connectivity index (χ3v) is 6.02. The summed E-state index contributed by atoms with van der Waals surface area (Å²) in [5.41, 5.74) is 1.11. The molecule has 23 heavy (non-hydrogen) atoms. The van der Waals surface area contributed by atoms with Gasteiger partial charge < -0.3 is 4.90 Å². The van der Waals surface area contributed by atoms with Gasteiger partial charge in [0.25, 0.3) is 11.5 Å². The van der Waals surface area contributed by atoms with E-state index in [9.17, 15) is 13.8 Å². The number of hydrogen-bond acceptors (Lipinski definition) is 4. The van der Waals surface area contributed by atoms with Gasteiger partial charge in [0, 0.05) is 42.0 Å². The Balaban J connectivity index is 2.00. The fourth-order valence-corrected chi connectivity index (χ4v) is 3.99. The Kier molecular flexibility index (Phi) is 3.83. The molecule has 0 saturated carbocycles. The predicted octanol–water partition coefficient (Wildman–Crippen LogP) is 0.986. The average molecular weight is 333 g/mol. The summed E-state index contributed by atoms with van der Waals surface area (Å²) in [6.07, 6.45) is 3.02. The van der Waals surface area contributed by atoms with Crippen molar-refractivity contribution in [1.82, 2.24) is 14.3 Å². The molecule has 0 aliphatic carbocycles. The first-order chi connectivity index (χ1) is 10.8. The van der Waals surface area contributed by atoms with Gasteiger partial charge in [-0.3, -0.25) is 18.2 Å². The highest BCUT2D eigenvalue weighted by Gasteiger charge is 2.36. The van der Waals surface area contributed by atoms with E-state index in [0.29, 0.717) is 24.5 Å². The normalized spacial score (nSPS) is 20.7. The van der Waals surface area contributed by atoms with Crippen LogP contribution in [0.1, 0.15) is 29.8 Å². The molecule has 1 aliphatic rings. The number of pyridine rings is 1. The van der Waals surface area contributed by atoms with Crippen LogP contribution in [0.15, 0.2) is 29.3 Å². The number of carbonyl (C=O) groups excluding carboxylic acids is 1. The minimum atomic E-state index is -0.968. The number of nitrogens with zero attached hydrogens (tertiary/aromatic N) is 3. The molecule has 2 aromatic rings. The molecule has 0 radical (unpaired) electrons. The molecule has 3 heterocycles. The van der Waals surface area contributed by atoms with E-state index in [-0.39, 0.29) is 17.0 Å². The highest BCUT2D eigenvalue weighted by molar-refractivity contribution is 7.86. The summed E-state index contributed by atoms with van der Waals surface area (Å²) in [5, 5.41) is 0. The lowest BCUT2D eigenvalue weighted by atomic mass is 10.1. The van der Waals surface area contributed by atoms with Crippen LogP contribution >= 0.6 is 0 Å².